The quantitative estimate of drug-likeness (QED) is 0.930. The molecular formula is C14H15FN4O. The van der Waals surface area contributed by atoms with Gasteiger partial charge in [0.05, 0.1) is 12.2 Å². The van der Waals surface area contributed by atoms with Crippen molar-refractivity contribution in [3.05, 3.63) is 41.8 Å². The summed E-state index contributed by atoms with van der Waals surface area (Å²) in [5.74, 6) is 1.07. The second-order valence-corrected chi connectivity index (χ2v) is 4.81. The van der Waals surface area contributed by atoms with Gasteiger partial charge in [-0.05, 0) is 6.07 Å². The average molecular weight is 274 g/mol. The van der Waals surface area contributed by atoms with Gasteiger partial charge in [-0.1, -0.05) is 18.2 Å². The van der Waals surface area contributed by atoms with Crippen LogP contribution in [0.4, 0.5) is 16.2 Å². The van der Waals surface area contributed by atoms with E-state index in [0.717, 1.165) is 11.3 Å². The van der Waals surface area contributed by atoms with Crippen molar-refractivity contribution in [3.8, 4) is 5.75 Å². The van der Waals surface area contributed by atoms with Gasteiger partial charge in [0.1, 0.15) is 12.4 Å². The summed E-state index contributed by atoms with van der Waals surface area (Å²) in [4.78, 5) is 9.77. The molecule has 20 heavy (non-hydrogen) atoms. The van der Waals surface area contributed by atoms with Gasteiger partial charge in [-0.3, -0.25) is 0 Å². The summed E-state index contributed by atoms with van der Waals surface area (Å²) in [6, 6.07) is 7.79. The molecule has 1 atom stereocenters. The van der Waals surface area contributed by atoms with Crippen LogP contribution in [0.1, 0.15) is 11.6 Å². The SMILES string of the molecule is CN(C)c1nc(N[C@@H]2COc3ccccc32)ncc1F. The van der Waals surface area contributed by atoms with Crippen LogP contribution in [-0.4, -0.2) is 30.7 Å². The summed E-state index contributed by atoms with van der Waals surface area (Å²) >= 11 is 0. The first kappa shape index (κ1) is 12.7. The molecular weight excluding hydrogens is 259 g/mol. The zero-order valence-corrected chi connectivity index (χ0v) is 11.3. The maximum absolute atomic E-state index is 13.6. The molecule has 0 bridgehead atoms. The minimum atomic E-state index is -0.441. The van der Waals surface area contributed by atoms with Gasteiger partial charge in [-0.2, -0.15) is 4.98 Å². The minimum Gasteiger partial charge on any atom is -0.491 e. The van der Waals surface area contributed by atoms with E-state index in [2.05, 4.69) is 15.3 Å². The van der Waals surface area contributed by atoms with E-state index in [0.29, 0.717) is 12.6 Å². The third-order valence-corrected chi connectivity index (χ3v) is 3.15. The van der Waals surface area contributed by atoms with Crippen molar-refractivity contribution in [1.29, 1.82) is 0 Å². The molecule has 0 saturated heterocycles. The lowest BCUT2D eigenvalue weighted by molar-refractivity contribution is 0.339. The predicted octanol–water partition coefficient (Wildman–Crippen LogP) is 2.23. The Hall–Kier alpha value is -2.37. The molecule has 1 N–H and O–H groups in total. The molecule has 1 aliphatic heterocycles. The topological polar surface area (TPSA) is 50.3 Å². The Morgan fingerprint density at radius 3 is 2.95 bits per heavy atom. The van der Waals surface area contributed by atoms with Crippen LogP contribution < -0.4 is 15.0 Å². The van der Waals surface area contributed by atoms with E-state index < -0.39 is 5.82 Å². The van der Waals surface area contributed by atoms with Gasteiger partial charge in [-0.15, -0.1) is 0 Å². The van der Waals surface area contributed by atoms with E-state index in [4.69, 9.17) is 4.74 Å². The molecule has 3 rings (SSSR count). The maximum atomic E-state index is 13.6. The highest BCUT2D eigenvalue weighted by Gasteiger charge is 2.24. The van der Waals surface area contributed by atoms with Crippen molar-refractivity contribution in [1.82, 2.24) is 9.97 Å². The second-order valence-electron chi connectivity index (χ2n) is 4.81. The number of hydrogen-bond acceptors (Lipinski definition) is 5. The second kappa shape index (κ2) is 4.96. The Labute approximate surface area is 116 Å². The standard InChI is InChI=1S/C14H15FN4O/c1-19(2)13-10(15)7-16-14(18-13)17-11-8-20-12-6-4-3-5-9(11)12/h3-7,11H,8H2,1-2H3,(H,16,17,18)/t11-/m1/s1. The van der Waals surface area contributed by atoms with Crippen molar-refractivity contribution in [2.45, 2.75) is 6.04 Å². The number of hydrogen-bond donors (Lipinski definition) is 1. The number of ether oxygens (including phenoxy) is 1. The summed E-state index contributed by atoms with van der Waals surface area (Å²) in [7, 11) is 3.48. The first-order valence-corrected chi connectivity index (χ1v) is 6.33. The van der Waals surface area contributed by atoms with Crippen molar-refractivity contribution >= 4 is 11.8 Å². The number of aromatic nitrogens is 2. The molecule has 104 valence electrons. The summed E-state index contributed by atoms with van der Waals surface area (Å²) in [5, 5.41) is 3.18. The lowest BCUT2D eigenvalue weighted by Crippen LogP contribution is -2.17. The highest BCUT2D eigenvalue weighted by atomic mass is 19.1. The third kappa shape index (κ3) is 2.24. The van der Waals surface area contributed by atoms with Crippen LogP contribution in [0.15, 0.2) is 30.5 Å². The maximum Gasteiger partial charge on any atom is 0.225 e. The van der Waals surface area contributed by atoms with Crippen LogP contribution in [0.3, 0.4) is 0 Å². The smallest absolute Gasteiger partial charge is 0.225 e. The number of nitrogens with zero attached hydrogens (tertiary/aromatic N) is 3. The van der Waals surface area contributed by atoms with Gasteiger partial charge >= 0.3 is 0 Å². The molecule has 0 unspecified atom stereocenters. The molecule has 2 aromatic rings. The van der Waals surface area contributed by atoms with Gasteiger partial charge in [-0.25, -0.2) is 9.37 Å². The number of fused-ring (bicyclic) bond motifs is 1. The zero-order valence-electron chi connectivity index (χ0n) is 11.3. The fourth-order valence-electron chi connectivity index (χ4n) is 2.18. The van der Waals surface area contributed by atoms with Crippen molar-refractivity contribution < 1.29 is 9.13 Å². The first-order chi connectivity index (χ1) is 9.65. The highest BCUT2D eigenvalue weighted by Crippen LogP contribution is 2.33. The molecule has 0 fully saturated rings. The van der Waals surface area contributed by atoms with Gasteiger partial charge in [0.15, 0.2) is 11.6 Å². The first-order valence-electron chi connectivity index (χ1n) is 6.33. The molecule has 0 spiro atoms. The molecule has 0 amide bonds. The van der Waals surface area contributed by atoms with E-state index in [-0.39, 0.29) is 11.9 Å². The summed E-state index contributed by atoms with van der Waals surface area (Å²) in [6.45, 7) is 0.511. The van der Waals surface area contributed by atoms with Crippen LogP contribution >= 0.6 is 0 Å². The number of anilines is 2. The Balaban J connectivity index is 1.84. The largest absolute Gasteiger partial charge is 0.491 e. The normalized spacial score (nSPS) is 16.4. The average Bonchev–Trinajstić information content (AvgIpc) is 2.84. The number of nitrogens with one attached hydrogen (secondary N) is 1. The summed E-state index contributed by atoms with van der Waals surface area (Å²) < 4.78 is 19.1. The van der Waals surface area contributed by atoms with Gasteiger partial charge in [0.25, 0.3) is 0 Å². The molecule has 6 heteroatoms. The zero-order chi connectivity index (χ0) is 14.1. The summed E-state index contributed by atoms with van der Waals surface area (Å²) in [6.07, 6.45) is 1.17. The number of rotatable bonds is 3. The summed E-state index contributed by atoms with van der Waals surface area (Å²) in [5.41, 5.74) is 1.06. The van der Waals surface area contributed by atoms with Crippen LogP contribution in [0.25, 0.3) is 0 Å². The lowest BCUT2D eigenvalue weighted by Gasteiger charge is -2.15. The Bertz CT molecular complexity index is 632. The fraction of sp³-hybridized carbons (Fsp3) is 0.286. The Kier molecular flexibility index (Phi) is 3.14. The minimum absolute atomic E-state index is 0.0216. The monoisotopic (exact) mass is 274 g/mol. The van der Waals surface area contributed by atoms with Crippen molar-refractivity contribution in [3.63, 3.8) is 0 Å². The van der Waals surface area contributed by atoms with E-state index in [1.165, 1.54) is 6.20 Å². The molecule has 0 radical (unpaired) electrons. The van der Waals surface area contributed by atoms with Crippen LogP contribution in [0.5, 0.6) is 5.75 Å². The Morgan fingerprint density at radius 2 is 2.15 bits per heavy atom. The van der Waals surface area contributed by atoms with Gasteiger partial charge < -0.3 is 15.0 Å². The Morgan fingerprint density at radius 1 is 1.35 bits per heavy atom. The molecule has 0 saturated carbocycles. The molecule has 0 aliphatic carbocycles. The van der Waals surface area contributed by atoms with Crippen LogP contribution in [-0.2, 0) is 0 Å². The van der Waals surface area contributed by atoms with Gasteiger partial charge in [0, 0.05) is 19.7 Å². The van der Waals surface area contributed by atoms with Crippen molar-refractivity contribution in [2.75, 3.05) is 30.9 Å². The number of benzene rings is 1. The lowest BCUT2D eigenvalue weighted by atomic mass is 10.1. The molecule has 1 aliphatic rings. The van der Waals surface area contributed by atoms with Gasteiger partial charge in [0.2, 0.25) is 5.95 Å². The molecule has 2 heterocycles. The van der Waals surface area contributed by atoms with Crippen LogP contribution in [0, 0.1) is 5.82 Å². The molecule has 5 nitrogen and oxygen atoms in total. The van der Waals surface area contributed by atoms with E-state index in [9.17, 15) is 4.39 Å². The highest BCUT2D eigenvalue weighted by molar-refractivity contribution is 5.47. The van der Waals surface area contributed by atoms with E-state index in [1.807, 2.05) is 24.3 Å². The predicted molar refractivity (Wildman–Crippen MR) is 74.6 cm³/mol. The third-order valence-electron chi connectivity index (χ3n) is 3.15. The fourth-order valence-corrected chi connectivity index (χ4v) is 2.18. The molecule has 1 aromatic carbocycles. The number of para-hydroxylation sites is 1. The number of halogens is 1. The van der Waals surface area contributed by atoms with Crippen molar-refractivity contribution in [2.24, 2.45) is 0 Å². The van der Waals surface area contributed by atoms with E-state index in [1.54, 1.807) is 19.0 Å². The van der Waals surface area contributed by atoms with E-state index >= 15 is 0 Å². The van der Waals surface area contributed by atoms with Crippen LogP contribution in [0.2, 0.25) is 0 Å². The molecule has 1 aromatic heterocycles.